The Morgan fingerprint density at radius 1 is 1.33 bits per heavy atom. The van der Waals surface area contributed by atoms with Crippen LogP contribution in [0.15, 0.2) is 27.1 Å². The summed E-state index contributed by atoms with van der Waals surface area (Å²) in [5.41, 5.74) is 1.61. The predicted molar refractivity (Wildman–Crippen MR) is 82.5 cm³/mol. The zero-order chi connectivity index (χ0) is 15.6. The number of nitrogens with zero attached hydrogens (tertiary/aromatic N) is 1. The SMILES string of the molecule is CCN(CCC(=O)O)C(=O)c1cc2cc(Br)cc(C)c2o1. The Balaban J connectivity index is 2.29. The number of rotatable bonds is 5. The van der Waals surface area contributed by atoms with Gasteiger partial charge in [0.15, 0.2) is 5.76 Å². The minimum Gasteiger partial charge on any atom is -0.481 e. The highest BCUT2D eigenvalue weighted by Crippen LogP contribution is 2.27. The number of carboxylic acids is 1. The van der Waals surface area contributed by atoms with E-state index in [0.717, 1.165) is 15.4 Å². The lowest BCUT2D eigenvalue weighted by atomic mass is 10.2. The number of amides is 1. The molecule has 2 aromatic rings. The molecule has 0 unspecified atom stereocenters. The van der Waals surface area contributed by atoms with E-state index in [4.69, 9.17) is 9.52 Å². The van der Waals surface area contributed by atoms with E-state index in [1.54, 1.807) is 6.07 Å². The maximum absolute atomic E-state index is 12.4. The Bertz CT molecular complexity index is 692. The van der Waals surface area contributed by atoms with Crippen LogP contribution >= 0.6 is 15.9 Å². The summed E-state index contributed by atoms with van der Waals surface area (Å²) in [5, 5.41) is 9.57. The lowest BCUT2D eigenvalue weighted by molar-refractivity contribution is -0.137. The van der Waals surface area contributed by atoms with Crippen molar-refractivity contribution in [2.24, 2.45) is 0 Å². The molecule has 0 fully saturated rings. The molecule has 0 aliphatic heterocycles. The molecule has 6 heteroatoms. The Kier molecular flexibility index (Phi) is 4.67. The molecular weight excluding hydrogens is 338 g/mol. The smallest absolute Gasteiger partial charge is 0.305 e. The van der Waals surface area contributed by atoms with Crippen LogP contribution in [0.1, 0.15) is 29.5 Å². The van der Waals surface area contributed by atoms with Gasteiger partial charge in [-0.15, -0.1) is 0 Å². The zero-order valence-corrected chi connectivity index (χ0v) is 13.4. The van der Waals surface area contributed by atoms with Gasteiger partial charge in [0.25, 0.3) is 5.91 Å². The molecule has 0 saturated carbocycles. The van der Waals surface area contributed by atoms with Gasteiger partial charge in [0.1, 0.15) is 5.58 Å². The van der Waals surface area contributed by atoms with Crippen molar-refractivity contribution in [3.63, 3.8) is 0 Å². The summed E-state index contributed by atoms with van der Waals surface area (Å²) >= 11 is 3.41. The molecule has 5 nitrogen and oxygen atoms in total. The van der Waals surface area contributed by atoms with Crippen LogP contribution in [0.25, 0.3) is 11.0 Å². The largest absolute Gasteiger partial charge is 0.481 e. The van der Waals surface area contributed by atoms with Gasteiger partial charge >= 0.3 is 5.97 Å². The Hall–Kier alpha value is -1.82. The van der Waals surface area contributed by atoms with E-state index >= 15 is 0 Å². The van der Waals surface area contributed by atoms with Crippen molar-refractivity contribution in [1.82, 2.24) is 4.90 Å². The lowest BCUT2D eigenvalue weighted by Crippen LogP contribution is -2.32. The van der Waals surface area contributed by atoms with Crippen molar-refractivity contribution >= 4 is 38.8 Å². The molecule has 0 aliphatic carbocycles. The van der Waals surface area contributed by atoms with E-state index in [2.05, 4.69) is 15.9 Å². The molecule has 1 N–H and O–H groups in total. The van der Waals surface area contributed by atoms with Crippen LogP contribution in [0.5, 0.6) is 0 Å². The van der Waals surface area contributed by atoms with E-state index in [1.165, 1.54) is 4.90 Å². The summed E-state index contributed by atoms with van der Waals surface area (Å²) in [6.07, 6.45) is -0.0790. The summed E-state index contributed by atoms with van der Waals surface area (Å²) in [6, 6.07) is 5.50. The zero-order valence-electron chi connectivity index (χ0n) is 11.9. The Morgan fingerprint density at radius 3 is 2.67 bits per heavy atom. The fraction of sp³-hybridized carbons (Fsp3) is 0.333. The minimum atomic E-state index is -0.925. The molecule has 21 heavy (non-hydrogen) atoms. The minimum absolute atomic E-state index is 0.0790. The number of carbonyl (C=O) groups excluding carboxylic acids is 1. The maximum atomic E-state index is 12.4. The average Bonchev–Trinajstić information content (AvgIpc) is 2.83. The third-order valence-electron chi connectivity index (χ3n) is 3.24. The van der Waals surface area contributed by atoms with Gasteiger partial charge in [-0.2, -0.15) is 0 Å². The molecule has 0 saturated heterocycles. The van der Waals surface area contributed by atoms with E-state index in [0.29, 0.717) is 12.1 Å². The molecule has 0 bridgehead atoms. The van der Waals surface area contributed by atoms with Crippen LogP contribution in [0.2, 0.25) is 0 Å². The summed E-state index contributed by atoms with van der Waals surface area (Å²) < 4.78 is 6.57. The summed E-state index contributed by atoms with van der Waals surface area (Å²) in [4.78, 5) is 24.5. The quantitative estimate of drug-likeness (QED) is 0.893. The fourth-order valence-electron chi connectivity index (χ4n) is 2.18. The Morgan fingerprint density at radius 2 is 2.05 bits per heavy atom. The van der Waals surface area contributed by atoms with E-state index in [-0.39, 0.29) is 24.6 Å². The molecule has 0 radical (unpaired) electrons. The van der Waals surface area contributed by atoms with E-state index in [9.17, 15) is 9.59 Å². The van der Waals surface area contributed by atoms with Gasteiger partial charge in [-0.1, -0.05) is 15.9 Å². The molecule has 2 rings (SSSR count). The molecular formula is C15H16BrNO4. The van der Waals surface area contributed by atoms with Crippen molar-refractivity contribution in [2.75, 3.05) is 13.1 Å². The number of hydrogen-bond acceptors (Lipinski definition) is 3. The molecule has 0 atom stereocenters. The molecule has 1 amide bonds. The normalized spacial score (nSPS) is 10.8. The van der Waals surface area contributed by atoms with Gasteiger partial charge in [-0.05, 0) is 37.6 Å². The second-order valence-corrected chi connectivity index (χ2v) is 5.70. The van der Waals surface area contributed by atoms with Gasteiger partial charge in [-0.25, -0.2) is 0 Å². The number of carbonyl (C=O) groups is 2. The summed E-state index contributed by atoms with van der Waals surface area (Å²) in [7, 11) is 0. The van der Waals surface area contributed by atoms with Crippen molar-refractivity contribution in [3.05, 3.63) is 34.0 Å². The highest BCUT2D eigenvalue weighted by Gasteiger charge is 2.20. The topological polar surface area (TPSA) is 70.8 Å². The second-order valence-electron chi connectivity index (χ2n) is 4.78. The van der Waals surface area contributed by atoms with Crippen LogP contribution in [0, 0.1) is 6.92 Å². The number of halogens is 1. The highest BCUT2D eigenvalue weighted by atomic mass is 79.9. The van der Waals surface area contributed by atoms with Gasteiger partial charge in [-0.3, -0.25) is 9.59 Å². The van der Waals surface area contributed by atoms with E-state index in [1.807, 2.05) is 26.0 Å². The molecule has 1 aromatic carbocycles. The third kappa shape index (κ3) is 3.44. The molecule has 0 aliphatic rings. The highest BCUT2D eigenvalue weighted by molar-refractivity contribution is 9.10. The number of hydrogen-bond donors (Lipinski definition) is 1. The van der Waals surface area contributed by atoms with Crippen molar-refractivity contribution in [2.45, 2.75) is 20.3 Å². The molecule has 112 valence electrons. The van der Waals surface area contributed by atoms with Crippen LogP contribution in [0.3, 0.4) is 0 Å². The first-order chi connectivity index (χ1) is 9.92. The van der Waals surface area contributed by atoms with Gasteiger partial charge in [0, 0.05) is 22.9 Å². The van der Waals surface area contributed by atoms with Crippen LogP contribution in [-0.4, -0.2) is 35.0 Å². The number of aliphatic carboxylic acids is 1. The summed E-state index contributed by atoms with van der Waals surface area (Å²) in [6.45, 7) is 4.33. The summed E-state index contributed by atoms with van der Waals surface area (Å²) in [5.74, 6) is -0.977. The van der Waals surface area contributed by atoms with E-state index < -0.39 is 5.97 Å². The number of furan rings is 1. The molecule has 1 heterocycles. The number of benzene rings is 1. The second kappa shape index (κ2) is 6.30. The van der Waals surface area contributed by atoms with Crippen LogP contribution in [0.4, 0.5) is 0 Å². The maximum Gasteiger partial charge on any atom is 0.305 e. The van der Waals surface area contributed by atoms with Gasteiger partial charge < -0.3 is 14.4 Å². The standard InChI is InChI=1S/C15H16BrNO4/c1-3-17(5-4-13(18)19)15(20)12-8-10-7-11(16)6-9(2)14(10)21-12/h6-8H,3-5H2,1-2H3,(H,18,19). The Labute approximate surface area is 130 Å². The van der Waals surface area contributed by atoms with Gasteiger partial charge in [0.2, 0.25) is 0 Å². The third-order valence-corrected chi connectivity index (χ3v) is 3.70. The number of aryl methyl sites for hydroxylation is 1. The number of carboxylic acid groups (broad SMARTS) is 1. The van der Waals surface area contributed by atoms with Crippen molar-refractivity contribution in [3.8, 4) is 0 Å². The first-order valence-electron chi connectivity index (χ1n) is 6.63. The van der Waals surface area contributed by atoms with Gasteiger partial charge in [0.05, 0.1) is 6.42 Å². The average molecular weight is 354 g/mol. The van der Waals surface area contributed by atoms with Crippen molar-refractivity contribution in [1.29, 1.82) is 0 Å². The predicted octanol–water partition coefficient (Wildman–Crippen LogP) is 3.44. The first-order valence-corrected chi connectivity index (χ1v) is 7.42. The fourth-order valence-corrected chi connectivity index (χ4v) is 2.77. The van der Waals surface area contributed by atoms with Crippen LogP contribution in [-0.2, 0) is 4.79 Å². The molecule has 0 spiro atoms. The first kappa shape index (κ1) is 15.6. The lowest BCUT2D eigenvalue weighted by Gasteiger charge is -2.18. The monoisotopic (exact) mass is 353 g/mol. The van der Waals surface area contributed by atoms with Crippen molar-refractivity contribution < 1.29 is 19.1 Å². The molecule has 1 aromatic heterocycles. The number of fused-ring (bicyclic) bond motifs is 1. The van der Waals surface area contributed by atoms with Crippen LogP contribution < -0.4 is 0 Å².